The number of aromatic nitrogens is 1. The number of carbonyl (C=O) groups excluding carboxylic acids is 1. The molecule has 0 atom stereocenters. The topological polar surface area (TPSA) is 91.3 Å². The first kappa shape index (κ1) is 13.0. The largest absolute Gasteiger partial charge is 0.478 e. The first-order valence-electron chi connectivity index (χ1n) is 5.07. The van der Waals surface area contributed by atoms with Gasteiger partial charge in [-0.25, -0.2) is 14.6 Å². The molecule has 8 heteroatoms. The number of anilines is 2. The normalized spacial score (nSPS) is 9.95. The van der Waals surface area contributed by atoms with Crippen LogP contribution in [0.3, 0.4) is 0 Å². The minimum atomic E-state index is -1.14. The third-order valence-corrected chi connectivity index (χ3v) is 2.91. The number of hydrogen-bond acceptors (Lipinski definition) is 4. The van der Waals surface area contributed by atoms with E-state index in [-0.39, 0.29) is 16.4 Å². The number of hydrogen-bond donors (Lipinski definition) is 3. The summed E-state index contributed by atoms with van der Waals surface area (Å²) < 4.78 is 12.8. The lowest BCUT2D eigenvalue weighted by molar-refractivity contribution is 0.0698. The zero-order valence-electron chi connectivity index (χ0n) is 9.38. The van der Waals surface area contributed by atoms with Crippen molar-refractivity contribution in [1.82, 2.24) is 4.98 Å². The summed E-state index contributed by atoms with van der Waals surface area (Å²) in [7, 11) is 0. The number of pyridine rings is 1. The van der Waals surface area contributed by atoms with Gasteiger partial charge in [-0.2, -0.15) is 4.39 Å². The van der Waals surface area contributed by atoms with E-state index in [0.29, 0.717) is 0 Å². The number of carboxylic acid groups (broad SMARTS) is 1. The summed E-state index contributed by atoms with van der Waals surface area (Å²) in [6.07, 6.45) is 0. The Morgan fingerprint density at radius 2 is 2.05 bits per heavy atom. The van der Waals surface area contributed by atoms with Gasteiger partial charge < -0.3 is 5.11 Å². The Hall–Kier alpha value is -2.48. The molecule has 0 aliphatic carbocycles. The van der Waals surface area contributed by atoms with E-state index in [4.69, 9.17) is 5.11 Å². The number of nitrogens with one attached hydrogen (secondary N) is 2. The molecule has 2 aromatic rings. The van der Waals surface area contributed by atoms with Gasteiger partial charge in [-0.05, 0) is 23.6 Å². The molecule has 2 amide bonds. The maximum atomic E-state index is 12.8. The molecule has 0 unspecified atom stereocenters. The van der Waals surface area contributed by atoms with Gasteiger partial charge in [-0.1, -0.05) is 6.07 Å². The van der Waals surface area contributed by atoms with E-state index in [1.54, 1.807) is 5.38 Å². The Morgan fingerprint density at radius 3 is 2.74 bits per heavy atom. The van der Waals surface area contributed by atoms with Crippen molar-refractivity contribution in [3.05, 3.63) is 41.2 Å². The highest BCUT2D eigenvalue weighted by Crippen LogP contribution is 2.23. The van der Waals surface area contributed by atoms with Crippen LogP contribution in [0.1, 0.15) is 10.4 Å². The highest BCUT2D eigenvalue weighted by Gasteiger charge is 2.14. The highest BCUT2D eigenvalue weighted by molar-refractivity contribution is 7.14. The number of carbonyl (C=O) groups is 2. The van der Waals surface area contributed by atoms with Gasteiger partial charge in [-0.3, -0.25) is 10.6 Å². The van der Waals surface area contributed by atoms with Crippen LogP contribution in [0.5, 0.6) is 0 Å². The van der Waals surface area contributed by atoms with Crippen LogP contribution >= 0.6 is 11.3 Å². The van der Waals surface area contributed by atoms with Gasteiger partial charge in [0.05, 0.1) is 5.56 Å². The Kier molecular flexibility index (Phi) is 3.71. The first-order valence-corrected chi connectivity index (χ1v) is 5.95. The fraction of sp³-hybridized carbons (Fsp3) is 0. The first-order chi connectivity index (χ1) is 9.06. The van der Waals surface area contributed by atoms with Crippen molar-refractivity contribution in [3.63, 3.8) is 0 Å². The van der Waals surface area contributed by atoms with E-state index in [1.807, 2.05) is 0 Å². The van der Waals surface area contributed by atoms with Crippen LogP contribution in [0.25, 0.3) is 0 Å². The molecule has 2 rings (SSSR count). The van der Waals surface area contributed by atoms with Crippen molar-refractivity contribution in [3.8, 4) is 0 Å². The van der Waals surface area contributed by atoms with Crippen molar-refractivity contribution in [2.45, 2.75) is 0 Å². The molecule has 2 aromatic heterocycles. The fourth-order valence-electron chi connectivity index (χ4n) is 1.30. The SMILES string of the molecule is O=C(Nc1cccc(F)n1)Nc1sccc1C(=O)O. The minimum absolute atomic E-state index is 0.00708. The number of aromatic carboxylic acids is 1. The van der Waals surface area contributed by atoms with Crippen molar-refractivity contribution >= 4 is 34.2 Å². The Labute approximate surface area is 110 Å². The summed E-state index contributed by atoms with van der Waals surface area (Å²) in [6.45, 7) is 0. The molecule has 0 fully saturated rings. The van der Waals surface area contributed by atoms with E-state index in [2.05, 4.69) is 15.6 Å². The molecule has 0 saturated carbocycles. The lowest BCUT2D eigenvalue weighted by Crippen LogP contribution is -2.20. The predicted octanol–water partition coefficient (Wildman–Crippen LogP) is 2.62. The van der Waals surface area contributed by atoms with Crippen LogP contribution in [0.4, 0.5) is 20.0 Å². The number of amides is 2. The zero-order valence-corrected chi connectivity index (χ0v) is 10.2. The average Bonchev–Trinajstić information content (AvgIpc) is 2.76. The number of rotatable bonds is 3. The van der Waals surface area contributed by atoms with Crippen LogP contribution in [-0.4, -0.2) is 22.1 Å². The van der Waals surface area contributed by atoms with Crippen LogP contribution < -0.4 is 10.6 Å². The molecule has 0 spiro atoms. The highest BCUT2D eigenvalue weighted by atomic mass is 32.1. The van der Waals surface area contributed by atoms with Gasteiger partial charge in [0.25, 0.3) is 0 Å². The maximum absolute atomic E-state index is 12.8. The van der Waals surface area contributed by atoms with Crippen molar-refractivity contribution < 1.29 is 19.1 Å². The Balaban J connectivity index is 2.05. The standard InChI is InChI=1S/C11H8FN3O3S/c12-7-2-1-3-8(13-7)14-11(18)15-9-6(10(16)17)4-5-19-9/h1-5H,(H,16,17)(H2,13,14,15,18). The molecule has 6 nitrogen and oxygen atoms in total. The van der Waals surface area contributed by atoms with Gasteiger partial charge in [0.1, 0.15) is 10.8 Å². The summed E-state index contributed by atoms with van der Waals surface area (Å²) in [6, 6.07) is 4.64. The molecule has 0 aliphatic heterocycles. The molecular formula is C11H8FN3O3S. The number of thiophene rings is 1. The molecule has 98 valence electrons. The average molecular weight is 281 g/mol. The van der Waals surface area contributed by atoms with E-state index >= 15 is 0 Å². The van der Waals surface area contributed by atoms with Crippen LogP contribution in [0.15, 0.2) is 29.6 Å². The van der Waals surface area contributed by atoms with E-state index in [9.17, 15) is 14.0 Å². The fourth-order valence-corrected chi connectivity index (χ4v) is 2.08. The van der Waals surface area contributed by atoms with Gasteiger partial charge >= 0.3 is 12.0 Å². The zero-order chi connectivity index (χ0) is 13.8. The molecule has 0 aromatic carbocycles. The second kappa shape index (κ2) is 5.44. The van der Waals surface area contributed by atoms with Gasteiger partial charge in [0, 0.05) is 0 Å². The summed E-state index contributed by atoms with van der Waals surface area (Å²) in [5.74, 6) is -1.83. The Bertz CT molecular complexity index is 629. The molecule has 0 aliphatic rings. The maximum Gasteiger partial charge on any atom is 0.338 e. The minimum Gasteiger partial charge on any atom is -0.478 e. The third-order valence-electron chi connectivity index (χ3n) is 2.08. The van der Waals surface area contributed by atoms with Gasteiger partial charge in [0.15, 0.2) is 0 Å². The molecule has 0 saturated heterocycles. The molecule has 19 heavy (non-hydrogen) atoms. The summed E-state index contributed by atoms with van der Waals surface area (Å²) in [5, 5.41) is 15.3. The van der Waals surface area contributed by atoms with Gasteiger partial charge in [-0.15, -0.1) is 11.3 Å². The molecule has 3 N–H and O–H groups in total. The van der Waals surface area contributed by atoms with Crippen molar-refractivity contribution in [2.24, 2.45) is 0 Å². The number of carboxylic acids is 1. The van der Waals surface area contributed by atoms with Crippen molar-refractivity contribution in [1.29, 1.82) is 0 Å². The second-order valence-electron chi connectivity index (χ2n) is 3.39. The molecule has 2 heterocycles. The van der Waals surface area contributed by atoms with Gasteiger partial charge in [0.2, 0.25) is 5.95 Å². The second-order valence-corrected chi connectivity index (χ2v) is 4.31. The number of halogens is 1. The van der Waals surface area contributed by atoms with Crippen LogP contribution in [0, 0.1) is 5.95 Å². The molecule has 0 bridgehead atoms. The number of nitrogens with zero attached hydrogens (tertiary/aromatic N) is 1. The molecular weight excluding hydrogens is 273 g/mol. The monoisotopic (exact) mass is 281 g/mol. The van der Waals surface area contributed by atoms with E-state index in [1.165, 1.54) is 18.2 Å². The quantitative estimate of drug-likeness (QED) is 0.754. The van der Waals surface area contributed by atoms with Crippen LogP contribution in [-0.2, 0) is 0 Å². The summed E-state index contributed by atoms with van der Waals surface area (Å²) >= 11 is 1.07. The summed E-state index contributed by atoms with van der Waals surface area (Å²) in [4.78, 5) is 25.9. The lowest BCUT2D eigenvalue weighted by Gasteiger charge is -2.06. The molecule has 0 radical (unpaired) electrons. The predicted molar refractivity (Wildman–Crippen MR) is 68.1 cm³/mol. The third kappa shape index (κ3) is 3.26. The Morgan fingerprint density at radius 1 is 1.26 bits per heavy atom. The smallest absolute Gasteiger partial charge is 0.338 e. The lowest BCUT2D eigenvalue weighted by atomic mass is 10.3. The van der Waals surface area contributed by atoms with Crippen molar-refractivity contribution in [2.75, 3.05) is 10.6 Å². The summed E-state index contributed by atoms with van der Waals surface area (Å²) in [5.41, 5.74) is -0.00708. The van der Waals surface area contributed by atoms with Crippen LogP contribution in [0.2, 0.25) is 0 Å². The van der Waals surface area contributed by atoms with E-state index < -0.39 is 17.9 Å². The van der Waals surface area contributed by atoms with E-state index in [0.717, 1.165) is 17.4 Å². The number of urea groups is 1.